The zero-order valence-electron chi connectivity index (χ0n) is 20.4. The fourth-order valence-corrected chi connectivity index (χ4v) is 8.99. The van der Waals surface area contributed by atoms with Crippen molar-refractivity contribution in [3.8, 4) is 5.75 Å². The maximum atomic E-state index is 10.7. The van der Waals surface area contributed by atoms with Crippen LogP contribution in [-0.2, 0) is 10.1 Å². The van der Waals surface area contributed by atoms with Gasteiger partial charge in [0.25, 0.3) is 0 Å². The van der Waals surface area contributed by atoms with Gasteiger partial charge in [-0.1, -0.05) is 48.5 Å². The molecule has 0 saturated heterocycles. The summed E-state index contributed by atoms with van der Waals surface area (Å²) in [6.07, 6.45) is 1.12. The summed E-state index contributed by atoms with van der Waals surface area (Å²) in [5.41, 5.74) is -3.12. The van der Waals surface area contributed by atoms with Crippen molar-refractivity contribution in [3.63, 3.8) is 0 Å². The van der Waals surface area contributed by atoms with E-state index in [0.717, 1.165) is 18.5 Å². The largest absolute Gasteiger partial charge is 0.741 e. The molecule has 0 amide bonds. The first-order chi connectivity index (χ1) is 18.1. The first-order valence-electron chi connectivity index (χ1n) is 11.6. The van der Waals surface area contributed by atoms with Gasteiger partial charge in [-0.15, -0.1) is 0 Å². The standard InChI is InChI=1S/C27H25NOP.CHF3O3S/c1-29-23-18-16-22(17-19-23)28-20-21-30(24-10-4-2-5-11-24,25-12-6-3-7-13-25)27-15-9-8-14-26(27)28;2-1(3,4)8(5,6)7/h2-19H,20-21H2,1H3;(H,5,6,7)/q+1;/p-1. The molecule has 4 aromatic rings. The second kappa shape index (κ2) is 11.2. The van der Waals surface area contributed by atoms with E-state index < -0.39 is 22.9 Å². The monoisotopic (exact) mass is 559 g/mol. The van der Waals surface area contributed by atoms with Crippen molar-refractivity contribution in [1.82, 2.24) is 0 Å². The number of nitrogens with zero attached hydrogens (tertiary/aromatic N) is 1. The highest BCUT2D eigenvalue weighted by atomic mass is 32.2. The Labute approximate surface area is 220 Å². The van der Waals surface area contributed by atoms with Crippen LogP contribution in [0.15, 0.2) is 109 Å². The van der Waals surface area contributed by atoms with E-state index >= 15 is 0 Å². The van der Waals surface area contributed by atoms with Crippen molar-refractivity contribution in [1.29, 1.82) is 0 Å². The Morgan fingerprint density at radius 2 is 1.26 bits per heavy atom. The molecule has 0 aromatic heterocycles. The van der Waals surface area contributed by atoms with Gasteiger partial charge in [-0.05, 0) is 60.7 Å². The fraction of sp³-hybridized carbons (Fsp3) is 0.143. The summed E-state index contributed by atoms with van der Waals surface area (Å²) in [7, 11) is -6.10. The molecule has 198 valence electrons. The normalized spacial score (nSPS) is 14.6. The molecule has 0 saturated carbocycles. The van der Waals surface area contributed by atoms with E-state index in [-0.39, 0.29) is 0 Å². The maximum absolute atomic E-state index is 10.7. The number of halogens is 3. The van der Waals surface area contributed by atoms with Crippen LogP contribution in [0.2, 0.25) is 0 Å². The number of para-hydroxylation sites is 1. The van der Waals surface area contributed by atoms with Crippen LogP contribution in [0.1, 0.15) is 0 Å². The Balaban J connectivity index is 0.000000368. The molecule has 5 rings (SSSR count). The molecule has 0 aliphatic carbocycles. The van der Waals surface area contributed by atoms with Crippen LogP contribution in [0, 0.1) is 0 Å². The van der Waals surface area contributed by atoms with Crippen LogP contribution < -0.4 is 25.6 Å². The molecule has 1 aliphatic rings. The Morgan fingerprint density at radius 1 is 0.789 bits per heavy atom. The second-order valence-electron chi connectivity index (χ2n) is 8.44. The third-order valence-electron chi connectivity index (χ3n) is 6.30. The van der Waals surface area contributed by atoms with E-state index in [1.807, 2.05) is 12.1 Å². The maximum Gasteiger partial charge on any atom is 0.485 e. The molecule has 0 bridgehead atoms. The van der Waals surface area contributed by atoms with Crippen molar-refractivity contribution < 1.29 is 30.9 Å². The highest BCUT2D eigenvalue weighted by Gasteiger charge is 2.50. The van der Waals surface area contributed by atoms with Gasteiger partial charge in [-0.3, -0.25) is 0 Å². The first kappa shape index (κ1) is 27.6. The predicted octanol–water partition coefficient (Wildman–Crippen LogP) is 5.19. The highest BCUT2D eigenvalue weighted by molar-refractivity contribution is 7.96. The zero-order chi connectivity index (χ0) is 27.4. The van der Waals surface area contributed by atoms with Gasteiger partial charge in [0.05, 0.1) is 25.5 Å². The number of hydrogen-bond acceptors (Lipinski definition) is 5. The summed E-state index contributed by atoms with van der Waals surface area (Å²) >= 11 is 0. The van der Waals surface area contributed by atoms with E-state index in [1.54, 1.807) is 7.11 Å². The van der Waals surface area contributed by atoms with Gasteiger partial charge in [-0.25, -0.2) is 8.42 Å². The van der Waals surface area contributed by atoms with Crippen molar-refractivity contribution in [2.75, 3.05) is 24.7 Å². The lowest BCUT2D eigenvalue weighted by Crippen LogP contribution is -2.43. The molecule has 0 N–H and O–H groups in total. The average Bonchev–Trinajstić information content (AvgIpc) is 2.93. The third kappa shape index (κ3) is 5.55. The molecular formula is C28H25F3NO4PS. The Hall–Kier alpha value is -3.39. The molecule has 0 radical (unpaired) electrons. The molecule has 10 heteroatoms. The molecule has 0 spiro atoms. The summed E-state index contributed by atoms with van der Waals surface area (Å²) in [5, 5.41) is 4.38. The quantitative estimate of drug-likeness (QED) is 0.196. The summed E-state index contributed by atoms with van der Waals surface area (Å²) in [4.78, 5) is 2.46. The summed E-state index contributed by atoms with van der Waals surface area (Å²) in [5.74, 6) is 0.888. The van der Waals surface area contributed by atoms with Gasteiger partial charge in [0, 0.05) is 5.69 Å². The SMILES string of the molecule is COc1ccc(N2CC[P+](c3ccccc3)(c3ccccc3)c3ccccc32)cc1.O=S(=O)([O-])C(F)(F)F. The van der Waals surface area contributed by atoms with E-state index in [0.29, 0.717) is 0 Å². The average molecular weight is 560 g/mol. The van der Waals surface area contributed by atoms with E-state index in [4.69, 9.17) is 17.7 Å². The lowest BCUT2D eigenvalue weighted by atomic mass is 10.2. The minimum absolute atomic E-state index is 0.888. The molecule has 1 heterocycles. The highest BCUT2D eigenvalue weighted by Crippen LogP contribution is 2.59. The lowest BCUT2D eigenvalue weighted by Gasteiger charge is -2.38. The number of methoxy groups -OCH3 is 1. The van der Waals surface area contributed by atoms with Crippen LogP contribution >= 0.6 is 7.26 Å². The van der Waals surface area contributed by atoms with Crippen LogP contribution in [0.3, 0.4) is 0 Å². The van der Waals surface area contributed by atoms with Crippen LogP contribution in [0.25, 0.3) is 0 Å². The van der Waals surface area contributed by atoms with Crippen molar-refractivity contribution in [2.24, 2.45) is 0 Å². The number of hydrogen-bond donors (Lipinski definition) is 0. The van der Waals surface area contributed by atoms with Crippen molar-refractivity contribution >= 4 is 44.7 Å². The third-order valence-corrected chi connectivity index (χ3v) is 11.3. The number of benzene rings is 4. The van der Waals surface area contributed by atoms with Crippen molar-refractivity contribution in [2.45, 2.75) is 5.51 Å². The zero-order valence-corrected chi connectivity index (χ0v) is 22.1. The Bertz CT molecular complexity index is 1430. The van der Waals surface area contributed by atoms with Crippen LogP contribution in [-0.4, -0.2) is 38.3 Å². The molecule has 0 unspecified atom stereocenters. The number of rotatable bonds is 4. The van der Waals surface area contributed by atoms with Gasteiger partial charge in [-0.2, -0.15) is 13.2 Å². The Morgan fingerprint density at radius 3 is 1.74 bits per heavy atom. The number of anilines is 2. The Kier molecular flexibility index (Phi) is 8.11. The lowest BCUT2D eigenvalue weighted by molar-refractivity contribution is -0.0517. The molecule has 1 aliphatic heterocycles. The minimum atomic E-state index is -6.09. The second-order valence-corrected chi connectivity index (χ2v) is 13.4. The molecule has 0 atom stereocenters. The minimum Gasteiger partial charge on any atom is -0.741 e. The predicted molar refractivity (Wildman–Crippen MR) is 146 cm³/mol. The number of fused-ring (bicyclic) bond motifs is 1. The van der Waals surface area contributed by atoms with Gasteiger partial charge >= 0.3 is 5.51 Å². The van der Waals surface area contributed by atoms with Gasteiger partial charge in [0.2, 0.25) is 0 Å². The van der Waals surface area contributed by atoms with Gasteiger partial charge in [0.1, 0.15) is 28.9 Å². The van der Waals surface area contributed by atoms with Gasteiger partial charge < -0.3 is 14.2 Å². The molecule has 5 nitrogen and oxygen atoms in total. The van der Waals surface area contributed by atoms with E-state index in [1.165, 1.54) is 27.3 Å². The van der Waals surface area contributed by atoms with Gasteiger partial charge in [0.15, 0.2) is 10.1 Å². The van der Waals surface area contributed by atoms with Crippen LogP contribution in [0.5, 0.6) is 5.75 Å². The molecule has 0 fully saturated rings. The van der Waals surface area contributed by atoms with Crippen molar-refractivity contribution in [3.05, 3.63) is 109 Å². The topological polar surface area (TPSA) is 69.7 Å². The first-order valence-corrected chi connectivity index (χ1v) is 15.0. The van der Waals surface area contributed by atoms with Crippen LogP contribution in [0.4, 0.5) is 24.5 Å². The molecule has 38 heavy (non-hydrogen) atoms. The van der Waals surface area contributed by atoms with E-state index in [9.17, 15) is 13.2 Å². The molecule has 4 aromatic carbocycles. The smallest absolute Gasteiger partial charge is 0.485 e. The molecular weight excluding hydrogens is 534 g/mol. The van der Waals surface area contributed by atoms with E-state index in [2.05, 4.69) is 102 Å². The summed E-state index contributed by atoms with van der Waals surface area (Å²) < 4.78 is 64.3. The number of ether oxygens (including phenoxy) is 1. The number of alkyl halides is 3. The summed E-state index contributed by atoms with van der Waals surface area (Å²) in [6, 6.07) is 39.6. The fourth-order valence-electron chi connectivity index (χ4n) is 4.59. The summed E-state index contributed by atoms with van der Waals surface area (Å²) in [6.45, 7) is 0.987.